The van der Waals surface area contributed by atoms with Gasteiger partial charge in [-0.1, -0.05) is 52.3 Å². The van der Waals surface area contributed by atoms with Gasteiger partial charge < -0.3 is 20.3 Å². The molecule has 1 heterocycles. The lowest BCUT2D eigenvalue weighted by Crippen LogP contribution is -2.47. The summed E-state index contributed by atoms with van der Waals surface area (Å²) < 4.78 is 38.7. The van der Waals surface area contributed by atoms with E-state index in [1.807, 2.05) is 12.1 Å². The highest BCUT2D eigenvalue weighted by Gasteiger charge is 2.53. The molecular weight excluding hydrogens is 560 g/mol. The first-order chi connectivity index (χ1) is 17.8. The number of benzene rings is 3. The first-order valence-corrected chi connectivity index (χ1v) is 14.1. The molecule has 3 aromatic rings. The van der Waals surface area contributed by atoms with Crippen LogP contribution in [-0.4, -0.2) is 49.8 Å². The van der Waals surface area contributed by atoms with Crippen LogP contribution in [0.4, 0.5) is 0 Å². The fraction of sp³-hybridized carbons (Fsp3) is 0.259. The smallest absolute Gasteiger partial charge is 0.249 e. The van der Waals surface area contributed by atoms with E-state index in [9.17, 15) is 13.2 Å². The Balaban J connectivity index is 1.70. The fourth-order valence-corrected chi connectivity index (χ4v) is 5.97. The third-order valence-corrected chi connectivity index (χ3v) is 8.56. The predicted molar refractivity (Wildman–Crippen MR) is 143 cm³/mol. The van der Waals surface area contributed by atoms with Crippen LogP contribution in [0, 0.1) is 0 Å². The zero-order valence-corrected chi connectivity index (χ0v) is 22.3. The molecule has 0 spiro atoms. The van der Waals surface area contributed by atoms with Crippen LogP contribution >= 0.6 is 15.9 Å². The number of halogens is 1. The van der Waals surface area contributed by atoms with Gasteiger partial charge in [0.1, 0.15) is 5.75 Å². The lowest BCUT2D eigenvalue weighted by atomic mass is 9.85. The summed E-state index contributed by atoms with van der Waals surface area (Å²) >= 11 is 3.51. The minimum absolute atomic E-state index is 0.0361. The third-order valence-electron chi connectivity index (χ3n) is 6.11. The van der Waals surface area contributed by atoms with E-state index in [2.05, 4.69) is 20.9 Å². The minimum atomic E-state index is -3.71. The summed E-state index contributed by atoms with van der Waals surface area (Å²) in [5, 5.41) is 8.93. The number of hydrogen-bond donors (Lipinski definition) is 2. The van der Waals surface area contributed by atoms with Crippen molar-refractivity contribution >= 4 is 37.6 Å². The Bertz CT molecular complexity index is 1380. The van der Waals surface area contributed by atoms with Crippen LogP contribution in [0.2, 0.25) is 0 Å². The van der Waals surface area contributed by atoms with E-state index < -0.39 is 27.4 Å². The average Bonchev–Trinajstić information content (AvgIpc) is 3.30. The number of hydrogen-bond acceptors (Lipinski definition) is 7. The number of aliphatic hydroxyl groups is 1. The van der Waals surface area contributed by atoms with Crippen LogP contribution in [0.25, 0.3) is 0 Å². The number of nitrogens with zero attached hydrogens (tertiary/aromatic N) is 1. The fourth-order valence-electron chi connectivity index (χ4n) is 4.09. The molecule has 8 nitrogen and oxygen atoms in total. The van der Waals surface area contributed by atoms with Crippen molar-refractivity contribution < 1.29 is 27.8 Å². The first-order valence-electron chi connectivity index (χ1n) is 11.7. The summed E-state index contributed by atoms with van der Waals surface area (Å²) in [5.41, 5.74) is 5.49. The second-order valence-electron chi connectivity index (χ2n) is 8.56. The molecule has 0 saturated carbocycles. The van der Waals surface area contributed by atoms with Crippen molar-refractivity contribution in [3.05, 3.63) is 94.5 Å². The van der Waals surface area contributed by atoms with Crippen LogP contribution in [0.1, 0.15) is 30.1 Å². The molecule has 1 amide bonds. The molecule has 0 aliphatic carbocycles. The van der Waals surface area contributed by atoms with Crippen molar-refractivity contribution in [2.45, 2.75) is 29.4 Å². The number of ether oxygens (including phenoxy) is 2. The van der Waals surface area contributed by atoms with Gasteiger partial charge in [-0.2, -0.15) is 0 Å². The van der Waals surface area contributed by atoms with Crippen molar-refractivity contribution in [1.82, 2.24) is 0 Å². The molecule has 0 saturated heterocycles. The van der Waals surface area contributed by atoms with E-state index in [-0.39, 0.29) is 29.6 Å². The average molecular weight is 587 g/mol. The molecule has 1 aliphatic rings. The Morgan fingerprint density at radius 3 is 2.38 bits per heavy atom. The number of nitrogens with two attached hydrogens (primary N) is 1. The minimum Gasteiger partial charge on any atom is -0.494 e. The third kappa shape index (κ3) is 5.87. The summed E-state index contributed by atoms with van der Waals surface area (Å²) in [6, 6.07) is 22.2. The van der Waals surface area contributed by atoms with Gasteiger partial charge in [-0.25, -0.2) is 13.4 Å². The van der Waals surface area contributed by atoms with Gasteiger partial charge in [0.25, 0.3) is 0 Å². The molecule has 0 aromatic heterocycles. The number of rotatable bonds is 11. The van der Waals surface area contributed by atoms with Gasteiger partial charge in [-0.05, 0) is 42.5 Å². The topological polar surface area (TPSA) is 128 Å². The molecule has 0 unspecified atom stereocenters. The van der Waals surface area contributed by atoms with Crippen LogP contribution in [0.15, 0.2) is 93.2 Å². The number of aliphatic imine (C=N–C) groups is 1. The number of aliphatic hydroxyl groups excluding tert-OH is 1. The molecule has 37 heavy (non-hydrogen) atoms. The zero-order chi connectivity index (χ0) is 26.5. The number of sulfone groups is 1. The molecule has 194 valence electrons. The molecule has 3 aromatic carbocycles. The Labute approximate surface area is 224 Å². The second-order valence-corrected chi connectivity index (χ2v) is 11.5. The van der Waals surface area contributed by atoms with E-state index in [1.165, 1.54) is 12.1 Å². The summed E-state index contributed by atoms with van der Waals surface area (Å²) in [4.78, 5) is 17.8. The standard InChI is InChI=1S/C27H27BrN2O6S/c28-23-10-5-4-9-22(23)24-27(26(29)32,15-18-37(33,34)21-7-2-1-3-8-21)30-25(36-24)19-11-13-20(14-12-19)35-17-6-16-31/h1-5,7-14,24,31H,6,15-18H2,(H2,29,32)/t24-,27-/m1/s1. The summed E-state index contributed by atoms with van der Waals surface area (Å²) in [7, 11) is -3.71. The molecule has 2 atom stereocenters. The SMILES string of the molecule is NC(=O)[C@]1(CCS(=O)(=O)c2ccccc2)N=C(c2ccc(OCCCO)cc2)O[C@@H]1c1ccccc1Br. The highest BCUT2D eigenvalue weighted by atomic mass is 79.9. The van der Waals surface area contributed by atoms with Gasteiger partial charge >= 0.3 is 0 Å². The van der Waals surface area contributed by atoms with E-state index in [0.717, 1.165) is 0 Å². The van der Waals surface area contributed by atoms with Crippen LogP contribution in [0.3, 0.4) is 0 Å². The number of primary amides is 1. The van der Waals surface area contributed by atoms with Crippen molar-refractivity contribution in [2.75, 3.05) is 19.0 Å². The Hall–Kier alpha value is -3.21. The Morgan fingerprint density at radius 1 is 1.05 bits per heavy atom. The van der Waals surface area contributed by atoms with Crippen molar-refractivity contribution in [1.29, 1.82) is 0 Å². The monoisotopic (exact) mass is 586 g/mol. The maximum atomic E-state index is 13.1. The molecule has 0 radical (unpaired) electrons. The van der Waals surface area contributed by atoms with Crippen LogP contribution in [0.5, 0.6) is 5.75 Å². The van der Waals surface area contributed by atoms with E-state index in [0.29, 0.717) is 34.4 Å². The summed E-state index contributed by atoms with van der Waals surface area (Å²) in [6.45, 7) is 0.409. The molecule has 3 N–H and O–H groups in total. The molecule has 10 heteroatoms. The summed E-state index contributed by atoms with van der Waals surface area (Å²) in [6.07, 6.45) is -0.600. The van der Waals surface area contributed by atoms with Gasteiger partial charge in [0.2, 0.25) is 11.8 Å². The molecular formula is C27H27BrN2O6S. The Morgan fingerprint density at radius 2 is 1.73 bits per heavy atom. The van der Waals surface area contributed by atoms with E-state index in [4.69, 9.17) is 20.3 Å². The van der Waals surface area contributed by atoms with Gasteiger partial charge in [0, 0.05) is 35.0 Å². The number of carbonyl (C=O) groups excluding carboxylic acids is 1. The van der Waals surface area contributed by atoms with Gasteiger partial charge in [0.05, 0.1) is 17.3 Å². The van der Waals surface area contributed by atoms with Crippen LogP contribution in [-0.2, 0) is 19.4 Å². The summed E-state index contributed by atoms with van der Waals surface area (Å²) in [5.74, 6) is -0.346. The van der Waals surface area contributed by atoms with Gasteiger partial charge in [0.15, 0.2) is 21.5 Å². The normalized spacial score (nSPS) is 19.2. The van der Waals surface area contributed by atoms with E-state index >= 15 is 0 Å². The molecule has 0 bridgehead atoms. The highest BCUT2D eigenvalue weighted by Crippen LogP contribution is 2.44. The van der Waals surface area contributed by atoms with Crippen molar-refractivity contribution in [3.8, 4) is 5.75 Å². The quantitative estimate of drug-likeness (QED) is 0.329. The first kappa shape index (κ1) is 26.8. The highest BCUT2D eigenvalue weighted by molar-refractivity contribution is 9.10. The second kappa shape index (κ2) is 11.5. The maximum absolute atomic E-state index is 13.1. The van der Waals surface area contributed by atoms with Crippen LogP contribution < -0.4 is 10.5 Å². The molecule has 0 fully saturated rings. The van der Waals surface area contributed by atoms with Gasteiger partial charge in [-0.3, -0.25) is 4.79 Å². The largest absolute Gasteiger partial charge is 0.494 e. The lowest BCUT2D eigenvalue weighted by molar-refractivity contribution is -0.125. The molecule has 4 rings (SSSR count). The van der Waals surface area contributed by atoms with Crippen molar-refractivity contribution in [3.63, 3.8) is 0 Å². The van der Waals surface area contributed by atoms with Crippen molar-refractivity contribution in [2.24, 2.45) is 10.7 Å². The lowest BCUT2D eigenvalue weighted by Gasteiger charge is -2.29. The number of carbonyl (C=O) groups is 1. The van der Waals surface area contributed by atoms with Gasteiger partial charge in [-0.15, -0.1) is 0 Å². The zero-order valence-electron chi connectivity index (χ0n) is 19.9. The van der Waals surface area contributed by atoms with E-state index in [1.54, 1.807) is 54.6 Å². The maximum Gasteiger partial charge on any atom is 0.249 e. The number of amides is 1. The molecule has 1 aliphatic heterocycles. The Kier molecular flexibility index (Phi) is 8.31. The predicted octanol–water partition coefficient (Wildman–Crippen LogP) is 3.82.